The Balaban J connectivity index is 1.31. The fourth-order valence-electron chi connectivity index (χ4n) is 5.66. The Morgan fingerprint density at radius 1 is 0.538 bits per heavy atom. The van der Waals surface area contributed by atoms with E-state index in [4.69, 9.17) is 39.9 Å². The summed E-state index contributed by atoms with van der Waals surface area (Å²) in [7, 11) is 2.65. The first kappa shape index (κ1) is 49.4. The number of carbonyl (C=O) groups is 8. The van der Waals surface area contributed by atoms with Crippen molar-refractivity contribution in [2.75, 3.05) is 14.2 Å². The van der Waals surface area contributed by atoms with Crippen LogP contribution in [0.1, 0.15) is 54.4 Å². The number of ketones is 2. The van der Waals surface area contributed by atoms with Crippen LogP contribution in [0.2, 0.25) is 0 Å². The van der Waals surface area contributed by atoms with Crippen molar-refractivity contribution < 1.29 is 66.8 Å². The normalized spacial score (nSPS) is 11.7. The van der Waals surface area contributed by atoms with Crippen LogP contribution in [0.5, 0.6) is 23.0 Å². The second-order valence-corrected chi connectivity index (χ2v) is 14.0. The van der Waals surface area contributed by atoms with Crippen LogP contribution in [0.15, 0.2) is 109 Å². The molecule has 340 valence electrons. The minimum atomic E-state index is -1.29. The molecule has 0 aliphatic carbocycles. The van der Waals surface area contributed by atoms with Crippen LogP contribution in [0, 0.1) is 0 Å². The molecule has 4 amide bonds. The van der Waals surface area contributed by atoms with Gasteiger partial charge in [0.05, 0.1) is 20.6 Å². The summed E-state index contributed by atoms with van der Waals surface area (Å²) in [5.74, 6) is -4.13. The lowest BCUT2D eigenvalue weighted by atomic mass is 10.1. The van der Waals surface area contributed by atoms with Gasteiger partial charge in [0, 0.05) is 12.8 Å². The molecule has 2 atom stereocenters. The molecule has 6 N–H and O–H groups in total. The average molecular weight is 893 g/mol. The van der Waals surface area contributed by atoms with Gasteiger partial charge in [-0.3, -0.25) is 19.2 Å². The first-order valence-corrected chi connectivity index (χ1v) is 19.9. The molecule has 0 saturated heterocycles. The third-order valence-corrected chi connectivity index (χ3v) is 9.01. The highest BCUT2D eigenvalue weighted by molar-refractivity contribution is 6.11. The highest BCUT2D eigenvalue weighted by atomic mass is 16.6. The number of nitrogens with two attached hydrogens (primary N) is 2. The second kappa shape index (κ2) is 25.6. The number of hydrogen-bond donors (Lipinski definition) is 4. The van der Waals surface area contributed by atoms with Gasteiger partial charge in [-0.05, 0) is 71.5 Å². The van der Waals surface area contributed by atoms with Crippen LogP contribution in [0.4, 0.5) is 9.59 Å². The number of amides is 4. The van der Waals surface area contributed by atoms with Gasteiger partial charge in [0.1, 0.15) is 25.3 Å². The Labute approximate surface area is 373 Å². The summed E-state index contributed by atoms with van der Waals surface area (Å²) in [6.45, 7) is -0.119. The Hall–Kier alpha value is -8.28. The van der Waals surface area contributed by atoms with E-state index >= 15 is 0 Å². The summed E-state index contributed by atoms with van der Waals surface area (Å²) in [6, 6.07) is 23.9. The zero-order valence-electron chi connectivity index (χ0n) is 35.5. The molecule has 4 aromatic rings. The Kier molecular flexibility index (Phi) is 19.5. The first-order chi connectivity index (χ1) is 31.2. The molecular formula is C47H48N4O14. The lowest BCUT2D eigenvalue weighted by Gasteiger charge is -2.18. The van der Waals surface area contributed by atoms with Gasteiger partial charge in [-0.2, -0.15) is 0 Å². The predicted molar refractivity (Wildman–Crippen MR) is 234 cm³/mol. The molecule has 0 aliphatic heterocycles. The summed E-state index contributed by atoms with van der Waals surface area (Å²) < 4.78 is 32.1. The summed E-state index contributed by atoms with van der Waals surface area (Å²) >= 11 is 0. The zero-order chi connectivity index (χ0) is 47.1. The molecule has 0 heterocycles. The van der Waals surface area contributed by atoms with Crippen LogP contribution >= 0.6 is 0 Å². The van der Waals surface area contributed by atoms with Crippen molar-refractivity contribution in [3.8, 4) is 23.0 Å². The van der Waals surface area contributed by atoms with Gasteiger partial charge in [-0.15, -0.1) is 0 Å². The first-order valence-electron chi connectivity index (χ1n) is 19.9. The van der Waals surface area contributed by atoms with Gasteiger partial charge >= 0.3 is 24.1 Å². The van der Waals surface area contributed by atoms with E-state index in [0.717, 1.165) is 11.1 Å². The van der Waals surface area contributed by atoms with Crippen molar-refractivity contribution in [3.05, 3.63) is 131 Å². The molecule has 0 unspecified atom stereocenters. The van der Waals surface area contributed by atoms with Crippen molar-refractivity contribution in [1.82, 2.24) is 10.6 Å². The Bertz CT molecular complexity index is 2220. The van der Waals surface area contributed by atoms with E-state index < -0.39 is 66.0 Å². The van der Waals surface area contributed by atoms with Gasteiger partial charge < -0.3 is 50.5 Å². The monoisotopic (exact) mass is 892 g/mol. The molecule has 0 fully saturated rings. The number of hydrogen-bond acceptors (Lipinski definition) is 14. The lowest BCUT2D eigenvalue weighted by Crippen LogP contribution is -2.43. The smallest absolute Gasteiger partial charge is 0.408 e. The van der Waals surface area contributed by atoms with E-state index in [9.17, 15) is 38.4 Å². The van der Waals surface area contributed by atoms with E-state index in [1.54, 1.807) is 60.7 Å². The molecule has 0 aromatic heterocycles. The predicted octanol–water partition coefficient (Wildman–Crippen LogP) is 4.89. The standard InChI is InChI=1S/C47H48N4O14/c1-60-40-25-30(15-21-38(40)64-44(56)36(19-23-42(48)54)50-46(58)62-28-32-9-5-3-6-10-32)13-17-34(52)27-35(53)18-14-31-16-22-39(41(26-31)61-2)65-45(57)37(20-24-43(49)55)51-47(59)63-29-33-11-7-4-8-12-33/h3-18,21-22,25-26,36-37H,19-20,23-24,27-29H2,1-2H3,(H2,48,54)(H2,49,55)(H,50,58)(H,51,59)/b17-13+,18-14+/t36-,37-/m0/s1. The molecule has 0 radical (unpaired) electrons. The van der Waals surface area contributed by atoms with Crippen LogP contribution in [0.25, 0.3) is 12.2 Å². The maximum absolute atomic E-state index is 13.1. The minimum Gasteiger partial charge on any atom is -0.493 e. The number of esters is 2. The van der Waals surface area contributed by atoms with E-state index in [1.807, 2.05) is 0 Å². The minimum absolute atomic E-state index is 0.0224. The molecule has 0 saturated carbocycles. The van der Waals surface area contributed by atoms with Crippen LogP contribution < -0.4 is 41.0 Å². The fourth-order valence-corrected chi connectivity index (χ4v) is 5.66. The average Bonchev–Trinajstić information content (AvgIpc) is 3.30. The Morgan fingerprint density at radius 3 is 1.28 bits per heavy atom. The molecule has 4 aromatic carbocycles. The third kappa shape index (κ3) is 17.6. The van der Waals surface area contributed by atoms with Crippen LogP contribution in [-0.4, -0.2) is 73.8 Å². The van der Waals surface area contributed by atoms with Crippen molar-refractivity contribution in [2.24, 2.45) is 11.5 Å². The van der Waals surface area contributed by atoms with Crippen LogP contribution in [0.3, 0.4) is 0 Å². The number of carbonyl (C=O) groups excluding carboxylic acids is 8. The number of rotatable bonds is 24. The number of primary amides is 2. The zero-order valence-corrected chi connectivity index (χ0v) is 35.5. The van der Waals surface area contributed by atoms with Gasteiger partial charge in [-0.1, -0.05) is 84.9 Å². The fraction of sp³-hybridized carbons (Fsp3) is 0.234. The van der Waals surface area contributed by atoms with Crippen LogP contribution in [-0.2, 0) is 51.5 Å². The summed E-state index contributed by atoms with van der Waals surface area (Å²) in [5, 5.41) is 4.80. The number of ether oxygens (including phenoxy) is 6. The molecular weight excluding hydrogens is 845 g/mol. The van der Waals surface area contributed by atoms with E-state index in [-0.39, 0.29) is 61.9 Å². The summed E-state index contributed by atoms with van der Waals surface area (Å²) in [6.07, 6.45) is 2.15. The van der Waals surface area contributed by atoms with Gasteiger partial charge in [0.25, 0.3) is 0 Å². The molecule has 0 aliphatic rings. The number of benzene rings is 4. The Morgan fingerprint density at radius 2 is 0.923 bits per heavy atom. The quantitative estimate of drug-likeness (QED) is 0.0316. The SMILES string of the molecule is COc1cc(/C=C/C(=O)CC(=O)/C=C/c2ccc(OC(=O)[C@H](CCC(N)=O)NC(=O)OCc3ccccc3)c(OC)c2)ccc1OC(=O)[C@H](CCC(N)=O)NC(=O)OCc1ccccc1. The summed E-state index contributed by atoms with van der Waals surface area (Å²) in [5.41, 5.74) is 12.9. The number of nitrogens with one attached hydrogen (secondary N) is 2. The lowest BCUT2D eigenvalue weighted by molar-refractivity contribution is -0.138. The van der Waals surface area contributed by atoms with Gasteiger partial charge in [-0.25, -0.2) is 19.2 Å². The molecule has 18 nitrogen and oxygen atoms in total. The molecule has 18 heteroatoms. The largest absolute Gasteiger partial charge is 0.493 e. The maximum atomic E-state index is 13.1. The van der Waals surface area contributed by atoms with Crippen molar-refractivity contribution in [2.45, 2.75) is 57.4 Å². The van der Waals surface area contributed by atoms with Crippen molar-refractivity contribution in [1.29, 1.82) is 0 Å². The highest BCUT2D eigenvalue weighted by Gasteiger charge is 2.27. The van der Waals surface area contributed by atoms with Crippen molar-refractivity contribution in [3.63, 3.8) is 0 Å². The van der Waals surface area contributed by atoms with E-state index in [0.29, 0.717) is 11.1 Å². The second-order valence-electron chi connectivity index (χ2n) is 14.0. The van der Waals surface area contributed by atoms with Gasteiger partial charge in [0.2, 0.25) is 11.8 Å². The number of methoxy groups -OCH3 is 2. The topological polar surface area (TPSA) is 268 Å². The molecule has 0 bridgehead atoms. The van der Waals surface area contributed by atoms with Gasteiger partial charge in [0.15, 0.2) is 34.6 Å². The summed E-state index contributed by atoms with van der Waals surface area (Å²) in [4.78, 5) is 99.6. The van der Waals surface area contributed by atoms with E-state index in [2.05, 4.69) is 10.6 Å². The number of allylic oxidation sites excluding steroid dienone is 2. The molecule has 65 heavy (non-hydrogen) atoms. The van der Waals surface area contributed by atoms with E-state index in [1.165, 1.54) is 74.9 Å². The van der Waals surface area contributed by atoms with Crippen molar-refractivity contribution >= 4 is 59.7 Å². The number of alkyl carbamates (subject to hydrolysis) is 2. The molecule has 0 spiro atoms. The maximum Gasteiger partial charge on any atom is 0.408 e. The molecule has 4 rings (SSSR count). The third-order valence-electron chi connectivity index (χ3n) is 9.01. The highest BCUT2D eigenvalue weighted by Crippen LogP contribution is 2.30.